The molecule has 0 saturated carbocycles. The number of para-hydroxylation sites is 1. The van der Waals surface area contributed by atoms with Crippen LogP contribution >= 0.6 is 0 Å². The lowest BCUT2D eigenvalue weighted by molar-refractivity contribution is 0.483. The van der Waals surface area contributed by atoms with Crippen LogP contribution in [-0.4, -0.2) is 4.98 Å². The molecule has 112 valence electrons. The predicted octanol–water partition coefficient (Wildman–Crippen LogP) is 4.01. The van der Waals surface area contributed by atoms with Gasteiger partial charge in [0.1, 0.15) is 23.1 Å². The van der Waals surface area contributed by atoms with Crippen LogP contribution < -0.4 is 10.3 Å². The number of ether oxygens (including phenoxy) is 1. The number of aromatic amines is 1. The molecule has 3 rings (SSSR count). The topological polar surface area (TPSA) is 65.9 Å². The van der Waals surface area contributed by atoms with E-state index in [0.29, 0.717) is 17.0 Å². The third-order valence-corrected chi connectivity index (χ3v) is 3.40. The van der Waals surface area contributed by atoms with Crippen molar-refractivity contribution in [2.75, 3.05) is 0 Å². The average Bonchev–Trinajstić information content (AvgIpc) is 2.55. The molecule has 23 heavy (non-hydrogen) atoms. The van der Waals surface area contributed by atoms with Crippen LogP contribution in [0.4, 0.5) is 0 Å². The van der Waals surface area contributed by atoms with E-state index in [1.54, 1.807) is 13.0 Å². The van der Waals surface area contributed by atoms with Crippen LogP contribution in [0, 0.1) is 18.3 Å². The smallest absolute Gasteiger partial charge is 0.266 e. The van der Waals surface area contributed by atoms with Crippen molar-refractivity contribution < 1.29 is 4.74 Å². The summed E-state index contributed by atoms with van der Waals surface area (Å²) in [6, 6.07) is 20.6. The Morgan fingerprint density at radius 2 is 1.74 bits per heavy atom. The van der Waals surface area contributed by atoms with Crippen LogP contribution in [0.5, 0.6) is 11.5 Å². The number of benzene rings is 2. The highest BCUT2D eigenvalue weighted by atomic mass is 16.5. The van der Waals surface area contributed by atoms with Gasteiger partial charge in [0, 0.05) is 11.3 Å². The highest BCUT2D eigenvalue weighted by Gasteiger charge is 2.11. The summed E-state index contributed by atoms with van der Waals surface area (Å²) < 4.78 is 5.81. The van der Waals surface area contributed by atoms with Crippen molar-refractivity contribution in [1.82, 2.24) is 4.98 Å². The minimum Gasteiger partial charge on any atom is -0.457 e. The van der Waals surface area contributed by atoms with Crippen LogP contribution in [-0.2, 0) is 0 Å². The Balaban J connectivity index is 2.04. The van der Waals surface area contributed by atoms with E-state index >= 15 is 0 Å². The molecule has 0 radical (unpaired) electrons. The number of hydrogen-bond donors (Lipinski definition) is 1. The average molecular weight is 302 g/mol. The summed E-state index contributed by atoms with van der Waals surface area (Å²) in [4.78, 5) is 14.6. The number of nitriles is 1. The predicted molar refractivity (Wildman–Crippen MR) is 88.5 cm³/mol. The number of hydrogen-bond acceptors (Lipinski definition) is 3. The summed E-state index contributed by atoms with van der Waals surface area (Å²) in [7, 11) is 0. The monoisotopic (exact) mass is 302 g/mol. The fourth-order valence-electron chi connectivity index (χ4n) is 2.38. The molecule has 0 atom stereocenters. The fourth-order valence-corrected chi connectivity index (χ4v) is 2.38. The molecule has 0 bridgehead atoms. The number of pyridine rings is 1. The standard InChI is InChI=1S/C19H14N2O2/c1-13-10-17(18(12-20)19(22)21-13)14-6-5-9-16(11-14)23-15-7-3-2-4-8-15/h2-11H,1H3,(H,21,22). The van der Waals surface area contributed by atoms with E-state index in [1.807, 2.05) is 60.7 Å². The number of H-pyrrole nitrogens is 1. The first kappa shape index (κ1) is 14.6. The molecule has 4 nitrogen and oxygen atoms in total. The van der Waals surface area contributed by atoms with Gasteiger partial charge >= 0.3 is 0 Å². The molecule has 0 aliphatic heterocycles. The molecular formula is C19H14N2O2. The Bertz CT molecular complexity index is 938. The Hall–Kier alpha value is -3.32. The maximum absolute atomic E-state index is 11.9. The molecule has 1 aromatic heterocycles. The first-order chi connectivity index (χ1) is 11.2. The molecule has 0 amide bonds. The number of aryl methyl sites for hydroxylation is 1. The zero-order valence-electron chi connectivity index (χ0n) is 12.5. The van der Waals surface area contributed by atoms with E-state index < -0.39 is 0 Å². The van der Waals surface area contributed by atoms with E-state index in [0.717, 1.165) is 11.3 Å². The maximum Gasteiger partial charge on any atom is 0.266 e. The Kier molecular flexibility index (Phi) is 3.94. The summed E-state index contributed by atoms with van der Waals surface area (Å²) in [6.45, 7) is 1.79. The second-order valence-electron chi connectivity index (χ2n) is 5.12. The van der Waals surface area contributed by atoms with Crippen molar-refractivity contribution in [2.45, 2.75) is 6.92 Å². The van der Waals surface area contributed by atoms with Gasteiger partial charge in [0.2, 0.25) is 0 Å². The normalized spacial score (nSPS) is 10.1. The van der Waals surface area contributed by atoms with Gasteiger partial charge < -0.3 is 9.72 Å². The van der Waals surface area contributed by atoms with Crippen LogP contribution in [0.15, 0.2) is 65.5 Å². The number of nitrogens with zero attached hydrogens (tertiary/aromatic N) is 1. The second-order valence-corrected chi connectivity index (χ2v) is 5.12. The highest BCUT2D eigenvalue weighted by Crippen LogP contribution is 2.28. The third kappa shape index (κ3) is 3.14. The minimum absolute atomic E-state index is 0.104. The van der Waals surface area contributed by atoms with Gasteiger partial charge in [-0.1, -0.05) is 30.3 Å². The first-order valence-corrected chi connectivity index (χ1v) is 7.15. The number of aromatic nitrogens is 1. The molecule has 2 aromatic carbocycles. The van der Waals surface area contributed by atoms with Crippen molar-refractivity contribution in [1.29, 1.82) is 5.26 Å². The van der Waals surface area contributed by atoms with Gasteiger partial charge in [-0.15, -0.1) is 0 Å². The lowest BCUT2D eigenvalue weighted by Gasteiger charge is -2.09. The van der Waals surface area contributed by atoms with Gasteiger partial charge in [0.05, 0.1) is 0 Å². The summed E-state index contributed by atoms with van der Waals surface area (Å²) in [6.07, 6.45) is 0. The molecule has 4 heteroatoms. The molecule has 0 fully saturated rings. The van der Waals surface area contributed by atoms with Crippen molar-refractivity contribution in [2.24, 2.45) is 0 Å². The van der Waals surface area contributed by atoms with Gasteiger partial charge in [0.25, 0.3) is 5.56 Å². The zero-order valence-corrected chi connectivity index (χ0v) is 12.5. The summed E-state index contributed by atoms with van der Waals surface area (Å²) in [5.74, 6) is 1.38. The van der Waals surface area contributed by atoms with Gasteiger partial charge in [0.15, 0.2) is 0 Å². The lowest BCUT2D eigenvalue weighted by Crippen LogP contribution is -2.12. The molecule has 1 heterocycles. The van der Waals surface area contributed by atoms with Crippen molar-refractivity contribution in [3.8, 4) is 28.7 Å². The molecule has 0 aliphatic rings. The molecule has 3 aromatic rings. The molecule has 0 aliphatic carbocycles. The van der Waals surface area contributed by atoms with Crippen LogP contribution in [0.1, 0.15) is 11.3 Å². The zero-order chi connectivity index (χ0) is 16.2. The Morgan fingerprint density at radius 3 is 2.48 bits per heavy atom. The maximum atomic E-state index is 11.9. The van der Waals surface area contributed by atoms with Gasteiger partial charge in [-0.25, -0.2) is 0 Å². The van der Waals surface area contributed by atoms with E-state index in [4.69, 9.17) is 4.74 Å². The van der Waals surface area contributed by atoms with Gasteiger partial charge in [-0.05, 0) is 42.8 Å². The number of rotatable bonds is 3. The van der Waals surface area contributed by atoms with Crippen molar-refractivity contribution in [3.63, 3.8) is 0 Å². The fraction of sp³-hybridized carbons (Fsp3) is 0.0526. The van der Waals surface area contributed by atoms with Crippen LogP contribution in [0.2, 0.25) is 0 Å². The van der Waals surface area contributed by atoms with E-state index in [-0.39, 0.29) is 11.1 Å². The van der Waals surface area contributed by atoms with Crippen molar-refractivity contribution in [3.05, 3.63) is 82.3 Å². The second kappa shape index (κ2) is 6.20. The van der Waals surface area contributed by atoms with E-state index in [1.165, 1.54) is 0 Å². The van der Waals surface area contributed by atoms with Crippen LogP contribution in [0.25, 0.3) is 11.1 Å². The summed E-state index contributed by atoms with van der Waals surface area (Å²) in [5, 5.41) is 9.25. The third-order valence-electron chi connectivity index (χ3n) is 3.40. The Labute approximate surface area is 133 Å². The van der Waals surface area contributed by atoms with Crippen LogP contribution in [0.3, 0.4) is 0 Å². The summed E-state index contributed by atoms with van der Waals surface area (Å²) >= 11 is 0. The molecule has 0 spiro atoms. The van der Waals surface area contributed by atoms with E-state index in [2.05, 4.69) is 4.98 Å². The molecule has 1 N–H and O–H groups in total. The Morgan fingerprint density at radius 1 is 1.00 bits per heavy atom. The molecular weight excluding hydrogens is 288 g/mol. The summed E-state index contributed by atoms with van der Waals surface area (Å²) in [5.41, 5.74) is 1.80. The molecule has 0 saturated heterocycles. The van der Waals surface area contributed by atoms with Crippen molar-refractivity contribution >= 4 is 0 Å². The van der Waals surface area contributed by atoms with Gasteiger partial charge in [-0.3, -0.25) is 4.79 Å². The van der Waals surface area contributed by atoms with Gasteiger partial charge in [-0.2, -0.15) is 5.26 Å². The van der Waals surface area contributed by atoms with E-state index in [9.17, 15) is 10.1 Å². The number of nitrogens with one attached hydrogen (secondary N) is 1. The first-order valence-electron chi connectivity index (χ1n) is 7.15. The lowest BCUT2D eigenvalue weighted by atomic mass is 10.0. The molecule has 0 unspecified atom stereocenters. The highest BCUT2D eigenvalue weighted by molar-refractivity contribution is 5.71. The minimum atomic E-state index is -0.378. The largest absolute Gasteiger partial charge is 0.457 e. The SMILES string of the molecule is Cc1cc(-c2cccc(Oc3ccccc3)c2)c(C#N)c(=O)[nH]1. The quantitative estimate of drug-likeness (QED) is 0.794.